The van der Waals surface area contributed by atoms with Crippen molar-refractivity contribution < 1.29 is 18.3 Å². The first-order valence-electron chi connectivity index (χ1n) is 6.40. The van der Waals surface area contributed by atoms with Crippen molar-refractivity contribution in [3.05, 3.63) is 36.4 Å². The number of phenols is 1. The first-order chi connectivity index (χ1) is 9.88. The Morgan fingerprint density at radius 2 is 1.81 bits per heavy atom. The van der Waals surface area contributed by atoms with Gasteiger partial charge in [0.2, 0.25) is 15.9 Å². The summed E-state index contributed by atoms with van der Waals surface area (Å²) in [5.74, 6) is -0.172. The van der Waals surface area contributed by atoms with Crippen molar-refractivity contribution in [3.8, 4) is 5.75 Å². The van der Waals surface area contributed by atoms with E-state index in [1.165, 1.54) is 4.90 Å². The number of carbonyl (C=O) groups is 1. The molecule has 0 bridgehead atoms. The zero-order valence-corrected chi connectivity index (χ0v) is 11.9. The van der Waals surface area contributed by atoms with E-state index in [1.54, 1.807) is 36.4 Å². The number of hydrogen-bond donors (Lipinski definition) is 2. The van der Waals surface area contributed by atoms with Gasteiger partial charge >= 0.3 is 0 Å². The van der Waals surface area contributed by atoms with Gasteiger partial charge in [0.25, 0.3) is 0 Å². The molecule has 3 N–H and O–H groups in total. The summed E-state index contributed by atoms with van der Waals surface area (Å²) in [6, 6.07) is 10.2. The number of anilines is 1. The average Bonchev–Trinajstić information content (AvgIpc) is 2.81. The standard InChI is InChI=1S/C14H14N2O4S/c15-21(19,20)9-7-14(18)16(8-9)12-5-1-4-11-10(12)3-2-6-13(11)17/h1-6,9,17H,7-8H2,(H2,15,19,20). The van der Waals surface area contributed by atoms with E-state index in [9.17, 15) is 18.3 Å². The van der Waals surface area contributed by atoms with Crippen molar-refractivity contribution in [2.24, 2.45) is 5.14 Å². The molecule has 0 aromatic heterocycles. The molecule has 0 spiro atoms. The van der Waals surface area contributed by atoms with Crippen LogP contribution in [0.15, 0.2) is 36.4 Å². The van der Waals surface area contributed by atoms with E-state index in [0.29, 0.717) is 16.5 Å². The Balaban J connectivity index is 2.10. The van der Waals surface area contributed by atoms with Crippen LogP contribution in [0.5, 0.6) is 5.75 Å². The highest BCUT2D eigenvalue weighted by atomic mass is 32.2. The first kappa shape index (κ1) is 13.8. The van der Waals surface area contributed by atoms with Gasteiger partial charge in [-0.25, -0.2) is 13.6 Å². The van der Waals surface area contributed by atoms with Crippen molar-refractivity contribution in [3.63, 3.8) is 0 Å². The van der Waals surface area contributed by atoms with Crippen molar-refractivity contribution in [1.82, 2.24) is 0 Å². The summed E-state index contributed by atoms with van der Waals surface area (Å²) in [5, 5.41) is 15.4. The molecule has 1 aliphatic heterocycles. The van der Waals surface area contributed by atoms with Crippen molar-refractivity contribution in [2.45, 2.75) is 11.7 Å². The number of amides is 1. The molecule has 1 heterocycles. The molecule has 21 heavy (non-hydrogen) atoms. The van der Waals surface area contributed by atoms with Crippen LogP contribution >= 0.6 is 0 Å². The van der Waals surface area contributed by atoms with Gasteiger partial charge in [-0.05, 0) is 12.1 Å². The molecule has 0 radical (unpaired) electrons. The number of rotatable bonds is 2. The number of aromatic hydroxyl groups is 1. The SMILES string of the molecule is NS(=O)(=O)C1CC(=O)N(c2cccc3c(O)cccc23)C1. The van der Waals surface area contributed by atoms with Crippen molar-refractivity contribution >= 4 is 32.4 Å². The molecule has 2 aromatic carbocycles. The molecule has 6 nitrogen and oxygen atoms in total. The minimum absolute atomic E-state index is 0.0342. The molecular weight excluding hydrogens is 292 g/mol. The Labute approximate surface area is 121 Å². The van der Waals surface area contributed by atoms with Crippen LogP contribution in [0.3, 0.4) is 0 Å². The fourth-order valence-electron chi connectivity index (χ4n) is 2.64. The van der Waals surface area contributed by atoms with Gasteiger partial charge in [0.15, 0.2) is 0 Å². The summed E-state index contributed by atoms with van der Waals surface area (Å²) < 4.78 is 22.9. The smallest absolute Gasteiger partial charge is 0.228 e. The Morgan fingerprint density at radius 3 is 2.48 bits per heavy atom. The van der Waals surface area contributed by atoms with Crippen LogP contribution in [-0.2, 0) is 14.8 Å². The fourth-order valence-corrected chi connectivity index (χ4v) is 3.37. The zero-order chi connectivity index (χ0) is 15.2. The average molecular weight is 306 g/mol. The van der Waals surface area contributed by atoms with E-state index < -0.39 is 15.3 Å². The van der Waals surface area contributed by atoms with Crippen LogP contribution in [0.1, 0.15) is 6.42 Å². The van der Waals surface area contributed by atoms with Gasteiger partial charge < -0.3 is 10.0 Å². The van der Waals surface area contributed by atoms with E-state index in [4.69, 9.17) is 5.14 Å². The topological polar surface area (TPSA) is 101 Å². The summed E-state index contributed by atoms with van der Waals surface area (Å²) in [5.41, 5.74) is 0.583. The third-order valence-electron chi connectivity index (χ3n) is 3.72. The van der Waals surface area contributed by atoms with Crippen LogP contribution < -0.4 is 10.0 Å². The summed E-state index contributed by atoms with van der Waals surface area (Å²) in [7, 11) is -3.75. The second kappa shape index (κ2) is 4.71. The lowest BCUT2D eigenvalue weighted by atomic mass is 10.1. The van der Waals surface area contributed by atoms with Crippen LogP contribution in [0, 0.1) is 0 Å². The van der Waals surface area contributed by atoms with Gasteiger partial charge in [-0.3, -0.25) is 4.79 Å². The molecule has 7 heteroatoms. The maximum absolute atomic E-state index is 12.1. The normalized spacial score (nSPS) is 19.4. The molecule has 1 amide bonds. The molecule has 110 valence electrons. The Bertz CT molecular complexity index is 832. The predicted molar refractivity (Wildman–Crippen MR) is 79.5 cm³/mol. The summed E-state index contributed by atoms with van der Waals surface area (Å²) >= 11 is 0. The van der Waals surface area contributed by atoms with Crippen LogP contribution in [0.25, 0.3) is 10.8 Å². The lowest BCUT2D eigenvalue weighted by Gasteiger charge is -2.19. The minimum Gasteiger partial charge on any atom is -0.507 e. The van der Waals surface area contributed by atoms with Crippen LogP contribution in [0.2, 0.25) is 0 Å². The molecule has 1 atom stereocenters. The Morgan fingerprint density at radius 1 is 1.14 bits per heavy atom. The molecule has 2 aromatic rings. The molecule has 0 aliphatic carbocycles. The number of sulfonamides is 1. The third-order valence-corrected chi connectivity index (χ3v) is 4.97. The second-order valence-corrected chi connectivity index (χ2v) is 6.91. The number of carbonyl (C=O) groups excluding carboxylic acids is 1. The number of fused-ring (bicyclic) bond motifs is 1. The maximum atomic E-state index is 12.1. The van der Waals surface area contributed by atoms with E-state index in [0.717, 1.165) is 0 Å². The Hall–Kier alpha value is -2.12. The van der Waals surface area contributed by atoms with Gasteiger partial charge in [-0.15, -0.1) is 0 Å². The minimum atomic E-state index is -3.75. The molecule has 3 rings (SSSR count). The van der Waals surface area contributed by atoms with Gasteiger partial charge in [0.1, 0.15) is 11.0 Å². The van der Waals surface area contributed by atoms with Crippen molar-refractivity contribution in [1.29, 1.82) is 0 Å². The summed E-state index contributed by atoms with van der Waals surface area (Å²) in [6.07, 6.45) is -0.117. The van der Waals surface area contributed by atoms with Gasteiger partial charge in [-0.2, -0.15) is 0 Å². The number of primary sulfonamides is 1. The van der Waals surface area contributed by atoms with E-state index >= 15 is 0 Å². The second-order valence-electron chi connectivity index (χ2n) is 5.07. The molecule has 0 saturated carbocycles. The largest absolute Gasteiger partial charge is 0.507 e. The molecule has 1 aliphatic rings. The fraction of sp³-hybridized carbons (Fsp3) is 0.214. The highest BCUT2D eigenvalue weighted by molar-refractivity contribution is 7.89. The van der Waals surface area contributed by atoms with E-state index in [1.807, 2.05) is 0 Å². The zero-order valence-electron chi connectivity index (χ0n) is 11.1. The lowest BCUT2D eigenvalue weighted by molar-refractivity contribution is -0.117. The van der Waals surface area contributed by atoms with Crippen LogP contribution in [0.4, 0.5) is 5.69 Å². The molecule has 1 unspecified atom stereocenters. The van der Waals surface area contributed by atoms with Gasteiger partial charge in [-0.1, -0.05) is 24.3 Å². The van der Waals surface area contributed by atoms with E-state index in [2.05, 4.69) is 0 Å². The number of phenolic OH excluding ortho intramolecular Hbond substituents is 1. The lowest BCUT2D eigenvalue weighted by Crippen LogP contribution is -2.32. The number of nitrogens with two attached hydrogens (primary N) is 1. The van der Waals surface area contributed by atoms with Gasteiger partial charge in [0, 0.05) is 23.7 Å². The maximum Gasteiger partial charge on any atom is 0.228 e. The first-order valence-corrected chi connectivity index (χ1v) is 8.01. The quantitative estimate of drug-likeness (QED) is 0.862. The Kier molecular flexibility index (Phi) is 3.11. The molecule has 1 saturated heterocycles. The summed E-state index contributed by atoms with van der Waals surface area (Å²) in [4.78, 5) is 13.5. The van der Waals surface area contributed by atoms with Gasteiger partial charge in [0.05, 0.1) is 5.69 Å². The predicted octanol–water partition coefficient (Wildman–Crippen LogP) is 0.939. The molecule has 1 fully saturated rings. The highest BCUT2D eigenvalue weighted by Gasteiger charge is 2.37. The third kappa shape index (κ3) is 2.34. The number of benzene rings is 2. The molecular formula is C14H14N2O4S. The van der Waals surface area contributed by atoms with E-state index in [-0.39, 0.29) is 24.6 Å². The van der Waals surface area contributed by atoms with Crippen LogP contribution in [-0.4, -0.2) is 31.2 Å². The monoisotopic (exact) mass is 306 g/mol. The van der Waals surface area contributed by atoms with Crippen molar-refractivity contribution in [2.75, 3.05) is 11.4 Å². The number of nitrogens with zero attached hydrogens (tertiary/aromatic N) is 1. The number of hydrogen-bond acceptors (Lipinski definition) is 4. The summed E-state index contributed by atoms with van der Waals surface area (Å²) in [6.45, 7) is 0.0342. The highest BCUT2D eigenvalue weighted by Crippen LogP contribution is 2.34.